The summed E-state index contributed by atoms with van der Waals surface area (Å²) in [5.74, 6) is 1.66. The standard InChI is InChI=1S/C24H32N2O6S/c1-33(29,30)26-13-17-9-10-24(12-17,23-25-14-22(15-27)32-23)16-31-21-7-5-18(6-8-21)19-3-2-4-20(28)11-19/h2-4,11,13-14,17-18,21,27-28H,5-10,12,15-16H2,1H3/b26-13+/t17?,18?,21?,24-/m0/s1. The highest BCUT2D eigenvalue weighted by Crippen LogP contribution is 2.45. The molecule has 0 bridgehead atoms. The topological polar surface area (TPSA) is 122 Å². The molecule has 180 valence electrons. The number of sulfonamides is 1. The molecule has 4 rings (SSSR count). The van der Waals surface area contributed by atoms with Crippen LogP contribution in [0.25, 0.3) is 0 Å². The summed E-state index contributed by atoms with van der Waals surface area (Å²) >= 11 is 0. The zero-order valence-electron chi connectivity index (χ0n) is 18.9. The molecule has 1 aromatic carbocycles. The molecule has 2 saturated carbocycles. The van der Waals surface area contributed by atoms with Crippen LogP contribution in [0.5, 0.6) is 5.75 Å². The van der Waals surface area contributed by atoms with Gasteiger partial charge in [-0.2, -0.15) is 4.40 Å². The summed E-state index contributed by atoms with van der Waals surface area (Å²) in [5, 5.41) is 19.2. The van der Waals surface area contributed by atoms with Crippen LogP contribution in [0.4, 0.5) is 0 Å². The van der Waals surface area contributed by atoms with Gasteiger partial charge in [-0.05, 0) is 74.5 Å². The molecule has 2 fully saturated rings. The summed E-state index contributed by atoms with van der Waals surface area (Å²) in [6.07, 6.45) is 10.3. The molecule has 9 heteroatoms. The van der Waals surface area contributed by atoms with E-state index in [9.17, 15) is 18.6 Å². The lowest BCUT2D eigenvalue weighted by Gasteiger charge is -2.32. The third-order valence-corrected chi connectivity index (χ3v) is 7.39. The minimum Gasteiger partial charge on any atom is -0.508 e. The van der Waals surface area contributed by atoms with E-state index >= 15 is 0 Å². The number of phenols is 1. The van der Waals surface area contributed by atoms with Crippen LogP contribution in [0.3, 0.4) is 0 Å². The molecule has 2 aromatic rings. The van der Waals surface area contributed by atoms with Crippen molar-refractivity contribution in [3.05, 3.63) is 47.7 Å². The van der Waals surface area contributed by atoms with E-state index in [1.54, 1.807) is 6.07 Å². The second-order valence-corrected chi connectivity index (χ2v) is 11.1. The number of nitrogens with zero attached hydrogens (tertiary/aromatic N) is 2. The molecule has 0 radical (unpaired) electrons. The van der Waals surface area contributed by atoms with Crippen LogP contribution < -0.4 is 0 Å². The van der Waals surface area contributed by atoms with Crippen molar-refractivity contribution >= 4 is 16.2 Å². The predicted octanol–water partition coefficient (Wildman–Crippen LogP) is 3.68. The van der Waals surface area contributed by atoms with Crippen molar-refractivity contribution in [2.75, 3.05) is 12.9 Å². The zero-order valence-corrected chi connectivity index (χ0v) is 19.7. The first-order chi connectivity index (χ1) is 15.8. The maximum atomic E-state index is 11.4. The number of hydrogen-bond donors (Lipinski definition) is 2. The van der Waals surface area contributed by atoms with E-state index in [4.69, 9.17) is 9.15 Å². The fourth-order valence-electron chi connectivity index (χ4n) is 5.12. The summed E-state index contributed by atoms with van der Waals surface area (Å²) < 4.78 is 38.8. The first-order valence-corrected chi connectivity index (χ1v) is 13.3. The molecule has 0 spiro atoms. The Morgan fingerprint density at radius 1 is 1.27 bits per heavy atom. The molecule has 2 aliphatic rings. The van der Waals surface area contributed by atoms with E-state index in [0.717, 1.165) is 44.8 Å². The van der Waals surface area contributed by atoms with Gasteiger partial charge in [0, 0.05) is 6.21 Å². The maximum Gasteiger partial charge on any atom is 0.249 e. The van der Waals surface area contributed by atoms with E-state index in [-0.39, 0.29) is 18.6 Å². The number of rotatable bonds is 8. The van der Waals surface area contributed by atoms with Crippen LogP contribution in [0, 0.1) is 5.92 Å². The molecule has 2 atom stereocenters. The Morgan fingerprint density at radius 3 is 2.73 bits per heavy atom. The highest BCUT2D eigenvalue weighted by molar-refractivity contribution is 7.89. The molecule has 0 saturated heterocycles. The monoisotopic (exact) mass is 476 g/mol. The number of aliphatic hydroxyl groups excluding tert-OH is 1. The van der Waals surface area contributed by atoms with E-state index < -0.39 is 15.4 Å². The Balaban J connectivity index is 1.41. The summed E-state index contributed by atoms with van der Waals surface area (Å²) in [6, 6.07) is 7.49. The molecule has 0 amide bonds. The number of oxazole rings is 1. The van der Waals surface area contributed by atoms with Crippen LogP contribution in [-0.4, -0.2) is 48.8 Å². The highest BCUT2D eigenvalue weighted by Gasteiger charge is 2.45. The molecule has 1 aromatic heterocycles. The normalized spacial score (nSPS) is 28.5. The second-order valence-electron chi connectivity index (χ2n) is 9.44. The predicted molar refractivity (Wildman–Crippen MR) is 124 cm³/mol. The molecule has 1 heterocycles. The number of phenolic OH excluding ortho intramolecular Hbond substituents is 1. The van der Waals surface area contributed by atoms with Crippen LogP contribution in [0.2, 0.25) is 0 Å². The summed E-state index contributed by atoms with van der Waals surface area (Å²) in [6.45, 7) is 0.213. The van der Waals surface area contributed by atoms with Gasteiger partial charge in [0.05, 0.1) is 30.6 Å². The van der Waals surface area contributed by atoms with Gasteiger partial charge in [-0.3, -0.25) is 0 Å². The first kappa shape index (κ1) is 23.9. The number of ether oxygens (including phenoxy) is 1. The summed E-state index contributed by atoms with van der Waals surface area (Å²) in [7, 11) is -3.42. The lowest BCUT2D eigenvalue weighted by atomic mass is 9.82. The fraction of sp³-hybridized carbons (Fsp3) is 0.583. The molecular weight excluding hydrogens is 444 g/mol. The van der Waals surface area contributed by atoms with Gasteiger partial charge >= 0.3 is 0 Å². The van der Waals surface area contributed by atoms with Gasteiger partial charge in [0.25, 0.3) is 0 Å². The van der Waals surface area contributed by atoms with Crippen LogP contribution in [-0.2, 0) is 26.8 Å². The number of aromatic nitrogens is 1. The minimum atomic E-state index is -3.42. The van der Waals surface area contributed by atoms with Gasteiger partial charge in [-0.15, -0.1) is 0 Å². The molecule has 1 unspecified atom stereocenters. The third-order valence-electron chi connectivity index (χ3n) is 6.88. The molecule has 0 aliphatic heterocycles. The summed E-state index contributed by atoms with van der Waals surface area (Å²) in [4.78, 5) is 4.42. The molecule has 33 heavy (non-hydrogen) atoms. The molecule has 2 N–H and O–H groups in total. The van der Waals surface area contributed by atoms with E-state index in [0.29, 0.717) is 36.3 Å². The number of aliphatic hydroxyl groups is 1. The molecule has 2 aliphatic carbocycles. The van der Waals surface area contributed by atoms with E-state index in [1.165, 1.54) is 18.0 Å². The van der Waals surface area contributed by atoms with Crippen molar-refractivity contribution < 1.29 is 27.8 Å². The first-order valence-electron chi connectivity index (χ1n) is 11.5. The van der Waals surface area contributed by atoms with Gasteiger partial charge in [-0.25, -0.2) is 13.4 Å². The molecule has 8 nitrogen and oxygen atoms in total. The average molecular weight is 477 g/mol. The third kappa shape index (κ3) is 6.02. The number of benzene rings is 1. The van der Waals surface area contributed by atoms with Gasteiger partial charge in [0.15, 0.2) is 0 Å². The van der Waals surface area contributed by atoms with Crippen molar-refractivity contribution in [2.24, 2.45) is 10.3 Å². The minimum absolute atomic E-state index is 0.00528. The van der Waals surface area contributed by atoms with Crippen molar-refractivity contribution in [3.63, 3.8) is 0 Å². The smallest absolute Gasteiger partial charge is 0.249 e. The maximum absolute atomic E-state index is 11.4. The van der Waals surface area contributed by atoms with Gasteiger partial charge in [-0.1, -0.05) is 12.1 Å². The summed E-state index contributed by atoms with van der Waals surface area (Å²) in [5.41, 5.74) is 0.703. The lowest BCUT2D eigenvalue weighted by Crippen LogP contribution is -2.33. The van der Waals surface area contributed by atoms with Gasteiger partial charge in [0.2, 0.25) is 15.9 Å². The SMILES string of the molecule is CS(=O)(=O)/N=C/C1CC[C@](COC2CCC(c3cccc(O)c3)CC2)(c2ncc(CO)o2)C1. The largest absolute Gasteiger partial charge is 0.508 e. The highest BCUT2D eigenvalue weighted by atomic mass is 32.2. The Morgan fingerprint density at radius 2 is 2.06 bits per heavy atom. The molecular formula is C24H32N2O6S. The zero-order chi connectivity index (χ0) is 23.5. The van der Waals surface area contributed by atoms with Gasteiger partial charge in [0.1, 0.15) is 18.1 Å². The number of aromatic hydroxyl groups is 1. The quantitative estimate of drug-likeness (QED) is 0.557. The van der Waals surface area contributed by atoms with E-state index in [1.807, 2.05) is 12.1 Å². The van der Waals surface area contributed by atoms with Crippen molar-refractivity contribution in [3.8, 4) is 5.75 Å². The Kier molecular flexibility index (Phi) is 7.21. The fourth-order valence-corrected chi connectivity index (χ4v) is 5.52. The van der Waals surface area contributed by atoms with Crippen molar-refractivity contribution in [2.45, 2.75) is 69.0 Å². The lowest BCUT2D eigenvalue weighted by molar-refractivity contribution is -0.0105. The van der Waals surface area contributed by atoms with Crippen molar-refractivity contribution in [1.29, 1.82) is 0 Å². The Hall–Kier alpha value is -2.23. The van der Waals surface area contributed by atoms with Crippen LogP contribution in [0.1, 0.15) is 68.1 Å². The van der Waals surface area contributed by atoms with Crippen LogP contribution in [0.15, 0.2) is 39.3 Å². The average Bonchev–Trinajstić information content (AvgIpc) is 3.44. The van der Waals surface area contributed by atoms with Gasteiger partial charge < -0.3 is 19.4 Å². The van der Waals surface area contributed by atoms with E-state index in [2.05, 4.69) is 15.4 Å². The van der Waals surface area contributed by atoms with Crippen molar-refractivity contribution in [1.82, 2.24) is 4.98 Å². The second kappa shape index (κ2) is 9.95. The Labute approximate surface area is 194 Å². The Bertz CT molecular complexity index is 1070. The van der Waals surface area contributed by atoms with Crippen LogP contribution >= 0.6 is 0 Å². The number of hydrogen-bond acceptors (Lipinski definition) is 7.